The van der Waals surface area contributed by atoms with Crippen LogP contribution in [0, 0.1) is 5.92 Å². The van der Waals surface area contributed by atoms with Crippen LogP contribution in [0.15, 0.2) is 0 Å². The number of carbonyl (C=O) groups excluding carboxylic acids is 1. The van der Waals surface area contributed by atoms with Crippen molar-refractivity contribution < 1.29 is 19.8 Å². The summed E-state index contributed by atoms with van der Waals surface area (Å²) in [6.07, 6.45) is 3.10. The minimum Gasteiger partial charge on any atom is -0.480 e. The van der Waals surface area contributed by atoms with Crippen LogP contribution in [0.3, 0.4) is 0 Å². The molecule has 2 fully saturated rings. The average molecular weight is 256 g/mol. The normalized spacial score (nSPS) is 28.5. The van der Waals surface area contributed by atoms with Crippen molar-refractivity contribution in [3.63, 3.8) is 0 Å². The van der Waals surface area contributed by atoms with Crippen LogP contribution in [-0.2, 0) is 4.79 Å². The standard InChI is InChI=1S/C12H20N2O4/c15-8-9-3-1-5-13(7-9)12(18)14-6-2-4-10(14)11(16)17/h9-10,15H,1-8H2,(H,16,17)/t9?,10-/m0/s1. The minimum absolute atomic E-state index is 0.0894. The van der Waals surface area contributed by atoms with Crippen LogP contribution in [0.1, 0.15) is 25.7 Å². The molecule has 0 aromatic heterocycles. The van der Waals surface area contributed by atoms with Gasteiger partial charge in [-0.3, -0.25) is 0 Å². The Hall–Kier alpha value is -1.30. The van der Waals surface area contributed by atoms with Crippen molar-refractivity contribution in [2.75, 3.05) is 26.2 Å². The van der Waals surface area contributed by atoms with Crippen LogP contribution >= 0.6 is 0 Å². The van der Waals surface area contributed by atoms with Gasteiger partial charge in [0, 0.05) is 26.2 Å². The molecule has 0 aliphatic carbocycles. The number of urea groups is 1. The Morgan fingerprint density at radius 2 is 1.89 bits per heavy atom. The summed E-state index contributed by atoms with van der Waals surface area (Å²) >= 11 is 0. The molecule has 2 atom stereocenters. The molecular formula is C12H20N2O4. The molecule has 18 heavy (non-hydrogen) atoms. The molecule has 6 nitrogen and oxygen atoms in total. The summed E-state index contributed by atoms with van der Waals surface area (Å²) < 4.78 is 0. The Labute approximate surface area is 106 Å². The zero-order chi connectivity index (χ0) is 13.1. The van der Waals surface area contributed by atoms with Crippen molar-refractivity contribution in [3.05, 3.63) is 0 Å². The Bertz CT molecular complexity index is 334. The van der Waals surface area contributed by atoms with Gasteiger partial charge in [-0.15, -0.1) is 0 Å². The third-order valence-corrected chi connectivity index (χ3v) is 3.83. The van der Waals surface area contributed by atoms with Crippen LogP contribution < -0.4 is 0 Å². The smallest absolute Gasteiger partial charge is 0.326 e. The molecule has 2 aliphatic heterocycles. The molecule has 2 N–H and O–H groups in total. The fourth-order valence-electron chi connectivity index (χ4n) is 2.82. The highest BCUT2D eigenvalue weighted by molar-refractivity contribution is 5.83. The molecule has 2 rings (SSSR count). The van der Waals surface area contributed by atoms with E-state index in [-0.39, 0.29) is 18.6 Å². The van der Waals surface area contributed by atoms with Crippen LogP contribution in [-0.4, -0.2) is 64.3 Å². The molecule has 0 saturated carbocycles. The number of aliphatic carboxylic acids is 1. The van der Waals surface area contributed by atoms with Gasteiger partial charge in [0.15, 0.2) is 0 Å². The third-order valence-electron chi connectivity index (χ3n) is 3.83. The van der Waals surface area contributed by atoms with Crippen molar-refractivity contribution in [1.82, 2.24) is 9.80 Å². The van der Waals surface area contributed by atoms with Gasteiger partial charge in [-0.25, -0.2) is 9.59 Å². The number of likely N-dealkylation sites (tertiary alicyclic amines) is 2. The third kappa shape index (κ3) is 2.58. The number of carbonyl (C=O) groups is 2. The van der Waals surface area contributed by atoms with Gasteiger partial charge in [-0.2, -0.15) is 0 Å². The van der Waals surface area contributed by atoms with E-state index in [4.69, 9.17) is 10.2 Å². The Morgan fingerprint density at radius 3 is 2.56 bits per heavy atom. The van der Waals surface area contributed by atoms with Crippen molar-refractivity contribution in [2.24, 2.45) is 5.92 Å². The molecule has 0 aromatic rings. The van der Waals surface area contributed by atoms with Crippen LogP contribution in [0.25, 0.3) is 0 Å². The molecule has 1 unspecified atom stereocenters. The zero-order valence-electron chi connectivity index (χ0n) is 10.4. The van der Waals surface area contributed by atoms with E-state index in [9.17, 15) is 9.59 Å². The van der Waals surface area contributed by atoms with Gasteiger partial charge in [0.2, 0.25) is 0 Å². The van der Waals surface area contributed by atoms with Gasteiger partial charge in [0.05, 0.1) is 0 Å². The highest BCUT2D eigenvalue weighted by Gasteiger charge is 2.37. The summed E-state index contributed by atoms with van der Waals surface area (Å²) in [6, 6.07) is -0.856. The predicted octanol–water partition coefficient (Wildman–Crippen LogP) is 0.360. The van der Waals surface area contributed by atoms with E-state index in [0.29, 0.717) is 26.1 Å². The highest BCUT2D eigenvalue weighted by atomic mass is 16.4. The lowest BCUT2D eigenvalue weighted by Crippen LogP contribution is -2.51. The molecular weight excluding hydrogens is 236 g/mol. The second kappa shape index (κ2) is 5.56. The number of amides is 2. The quantitative estimate of drug-likeness (QED) is 0.747. The number of nitrogens with zero attached hydrogens (tertiary/aromatic N) is 2. The Morgan fingerprint density at radius 1 is 1.17 bits per heavy atom. The van der Waals surface area contributed by atoms with Gasteiger partial charge in [0.1, 0.15) is 6.04 Å². The molecule has 2 saturated heterocycles. The lowest BCUT2D eigenvalue weighted by Gasteiger charge is -2.35. The fraction of sp³-hybridized carbons (Fsp3) is 0.833. The molecule has 0 aromatic carbocycles. The van der Waals surface area contributed by atoms with Gasteiger partial charge < -0.3 is 20.0 Å². The van der Waals surface area contributed by atoms with Crippen LogP contribution in [0.5, 0.6) is 0 Å². The lowest BCUT2D eigenvalue weighted by molar-refractivity contribution is -0.141. The summed E-state index contributed by atoms with van der Waals surface area (Å²) in [5, 5.41) is 18.2. The van der Waals surface area contributed by atoms with Crippen molar-refractivity contribution >= 4 is 12.0 Å². The van der Waals surface area contributed by atoms with Gasteiger partial charge in [0.25, 0.3) is 0 Å². The SMILES string of the molecule is O=C(O)[C@@H]1CCCN1C(=O)N1CCCC(CO)C1. The van der Waals surface area contributed by atoms with E-state index in [1.165, 1.54) is 4.90 Å². The Kier molecular flexibility index (Phi) is 4.06. The first-order valence-corrected chi connectivity index (χ1v) is 6.52. The zero-order valence-corrected chi connectivity index (χ0v) is 10.4. The molecule has 6 heteroatoms. The first-order chi connectivity index (χ1) is 8.63. The predicted molar refractivity (Wildman–Crippen MR) is 64.1 cm³/mol. The maximum atomic E-state index is 12.3. The first kappa shape index (κ1) is 13.1. The van der Waals surface area contributed by atoms with E-state index < -0.39 is 12.0 Å². The number of carboxylic acids is 1. The monoisotopic (exact) mass is 256 g/mol. The number of hydrogen-bond acceptors (Lipinski definition) is 3. The maximum absolute atomic E-state index is 12.3. The van der Waals surface area contributed by atoms with Gasteiger partial charge in [-0.1, -0.05) is 0 Å². The van der Waals surface area contributed by atoms with E-state index in [2.05, 4.69) is 0 Å². The summed E-state index contributed by atoms with van der Waals surface area (Å²) in [6.45, 7) is 1.82. The molecule has 102 valence electrons. The number of carboxylic acid groups (broad SMARTS) is 1. The summed E-state index contributed by atoms with van der Waals surface area (Å²) in [5.41, 5.74) is 0. The molecule has 2 heterocycles. The highest BCUT2D eigenvalue weighted by Crippen LogP contribution is 2.22. The molecule has 0 spiro atoms. The second-order valence-corrected chi connectivity index (χ2v) is 5.11. The lowest BCUT2D eigenvalue weighted by atomic mass is 9.99. The number of rotatable bonds is 2. The van der Waals surface area contributed by atoms with E-state index in [1.807, 2.05) is 0 Å². The van der Waals surface area contributed by atoms with Crippen molar-refractivity contribution in [3.8, 4) is 0 Å². The van der Waals surface area contributed by atoms with Crippen LogP contribution in [0.4, 0.5) is 4.79 Å². The average Bonchev–Trinajstić information content (AvgIpc) is 2.87. The number of aliphatic hydroxyl groups excluding tert-OH is 1. The summed E-state index contributed by atoms with van der Waals surface area (Å²) in [5.74, 6) is -0.787. The van der Waals surface area contributed by atoms with Crippen molar-refractivity contribution in [2.45, 2.75) is 31.7 Å². The minimum atomic E-state index is -0.920. The second-order valence-electron chi connectivity index (χ2n) is 5.11. The largest absolute Gasteiger partial charge is 0.480 e. The first-order valence-electron chi connectivity index (χ1n) is 6.52. The molecule has 2 amide bonds. The van der Waals surface area contributed by atoms with E-state index in [0.717, 1.165) is 19.3 Å². The number of piperidine rings is 1. The fourth-order valence-corrected chi connectivity index (χ4v) is 2.82. The summed E-state index contributed by atoms with van der Waals surface area (Å²) in [7, 11) is 0. The topological polar surface area (TPSA) is 81.1 Å². The van der Waals surface area contributed by atoms with E-state index in [1.54, 1.807) is 4.90 Å². The van der Waals surface area contributed by atoms with Crippen LogP contribution in [0.2, 0.25) is 0 Å². The number of aliphatic hydroxyl groups is 1. The number of hydrogen-bond donors (Lipinski definition) is 2. The molecule has 2 aliphatic rings. The van der Waals surface area contributed by atoms with Gasteiger partial charge >= 0.3 is 12.0 Å². The summed E-state index contributed by atoms with van der Waals surface area (Å²) in [4.78, 5) is 26.5. The van der Waals surface area contributed by atoms with Gasteiger partial charge in [-0.05, 0) is 31.6 Å². The maximum Gasteiger partial charge on any atom is 0.326 e. The Balaban J connectivity index is 1.99. The van der Waals surface area contributed by atoms with Crippen molar-refractivity contribution in [1.29, 1.82) is 0 Å². The van der Waals surface area contributed by atoms with E-state index >= 15 is 0 Å². The molecule has 0 bridgehead atoms. The molecule has 0 radical (unpaired) electrons.